The molecule has 1 aromatic heterocycles. The predicted molar refractivity (Wildman–Crippen MR) is 69.4 cm³/mol. The Morgan fingerprint density at radius 2 is 2.24 bits per heavy atom. The van der Waals surface area contributed by atoms with Crippen molar-refractivity contribution in [2.75, 3.05) is 24.6 Å². The zero-order valence-corrected chi connectivity index (χ0v) is 10.9. The van der Waals surface area contributed by atoms with Gasteiger partial charge in [-0.05, 0) is 33.7 Å². The van der Waals surface area contributed by atoms with E-state index in [1.807, 2.05) is 6.92 Å². The Labute approximate surface area is 103 Å². The van der Waals surface area contributed by atoms with Crippen molar-refractivity contribution >= 4 is 5.95 Å². The van der Waals surface area contributed by atoms with Gasteiger partial charge in [0.05, 0.1) is 6.61 Å². The van der Waals surface area contributed by atoms with Crippen molar-refractivity contribution < 1.29 is 4.74 Å². The van der Waals surface area contributed by atoms with Crippen LogP contribution in [0.2, 0.25) is 0 Å². The Balaban J connectivity index is 2.81. The molecule has 0 amide bonds. The molecule has 0 bridgehead atoms. The topological polar surface area (TPSA) is 64.3 Å². The lowest BCUT2D eigenvalue weighted by molar-refractivity contribution is 0.326. The van der Waals surface area contributed by atoms with Crippen LogP contribution in [-0.2, 0) is 0 Å². The molecule has 0 unspecified atom stereocenters. The molecule has 0 atom stereocenters. The average molecular weight is 238 g/mol. The van der Waals surface area contributed by atoms with Crippen molar-refractivity contribution in [1.82, 2.24) is 9.97 Å². The number of ether oxygens (including phenoxy) is 1. The van der Waals surface area contributed by atoms with Gasteiger partial charge in [0.2, 0.25) is 11.8 Å². The maximum Gasteiger partial charge on any atom is 0.228 e. The first kappa shape index (κ1) is 13.7. The molecule has 0 saturated heterocycles. The summed E-state index contributed by atoms with van der Waals surface area (Å²) in [6.07, 6.45) is 2.66. The van der Waals surface area contributed by atoms with Crippen LogP contribution >= 0.6 is 0 Å². The molecule has 5 heteroatoms. The van der Waals surface area contributed by atoms with E-state index >= 15 is 0 Å². The molecule has 0 aliphatic carbocycles. The molecular weight excluding hydrogens is 216 g/mol. The molecular formula is C12H22N4O. The fourth-order valence-corrected chi connectivity index (χ4v) is 1.55. The van der Waals surface area contributed by atoms with Crippen LogP contribution in [0.25, 0.3) is 0 Å². The van der Waals surface area contributed by atoms with Crippen molar-refractivity contribution in [3.63, 3.8) is 0 Å². The van der Waals surface area contributed by atoms with Gasteiger partial charge in [-0.3, -0.25) is 0 Å². The van der Waals surface area contributed by atoms with Crippen LogP contribution in [0, 0.1) is 0 Å². The number of rotatable bonds is 7. The summed E-state index contributed by atoms with van der Waals surface area (Å²) in [4.78, 5) is 10.8. The van der Waals surface area contributed by atoms with E-state index in [2.05, 4.69) is 28.7 Å². The highest BCUT2D eigenvalue weighted by Gasteiger charge is 2.13. The molecule has 0 radical (unpaired) electrons. The van der Waals surface area contributed by atoms with Gasteiger partial charge in [0.1, 0.15) is 0 Å². The lowest BCUT2D eigenvalue weighted by Gasteiger charge is -2.26. The molecule has 1 aromatic rings. The van der Waals surface area contributed by atoms with Crippen molar-refractivity contribution in [2.24, 2.45) is 5.73 Å². The lowest BCUT2D eigenvalue weighted by atomic mass is 10.3. The normalized spacial score (nSPS) is 10.6. The molecule has 2 N–H and O–H groups in total. The van der Waals surface area contributed by atoms with E-state index in [4.69, 9.17) is 10.5 Å². The number of anilines is 1. The van der Waals surface area contributed by atoms with E-state index < -0.39 is 0 Å². The molecule has 17 heavy (non-hydrogen) atoms. The van der Waals surface area contributed by atoms with Gasteiger partial charge in [0.25, 0.3) is 0 Å². The fourth-order valence-electron chi connectivity index (χ4n) is 1.55. The largest absolute Gasteiger partial charge is 0.478 e. The van der Waals surface area contributed by atoms with Gasteiger partial charge < -0.3 is 15.4 Å². The molecule has 0 fully saturated rings. The third-order valence-corrected chi connectivity index (χ3v) is 2.39. The molecule has 0 aromatic carbocycles. The second-order valence-corrected chi connectivity index (χ2v) is 4.06. The quantitative estimate of drug-likeness (QED) is 0.778. The van der Waals surface area contributed by atoms with Crippen LogP contribution in [0.15, 0.2) is 12.3 Å². The summed E-state index contributed by atoms with van der Waals surface area (Å²) < 4.78 is 5.38. The van der Waals surface area contributed by atoms with E-state index in [0.717, 1.165) is 13.0 Å². The summed E-state index contributed by atoms with van der Waals surface area (Å²) in [5.74, 6) is 1.33. The standard InChI is InChI=1S/C12H22N4O/c1-4-17-11-6-8-14-12(15-11)16(10(2)3)9-5-7-13/h6,8,10H,4-5,7,9,13H2,1-3H3. The second kappa shape index (κ2) is 7.06. The van der Waals surface area contributed by atoms with Gasteiger partial charge in [0, 0.05) is 24.8 Å². The molecule has 1 rings (SSSR count). The first-order valence-corrected chi connectivity index (χ1v) is 6.11. The van der Waals surface area contributed by atoms with Gasteiger partial charge in [0.15, 0.2) is 0 Å². The highest BCUT2D eigenvalue weighted by atomic mass is 16.5. The van der Waals surface area contributed by atoms with Gasteiger partial charge in [-0.2, -0.15) is 4.98 Å². The maximum atomic E-state index is 5.54. The highest BCUT2D eigenvalue weighted by molar-refractivity contribution is 5.33. The summed E-state index contributed by atoms with van der Waals surface area (Å²) in [6.45, 7) is 8.33. The van der Waals surface area contributed by atoms with Gasteiger partial charge in [-0.1, -0.05) is 0 Å². The monoisotopic (exact) mass is 238 g/mol. The predicted octanol–water partition coefficient (Wildman–Crippen LogP) is 1.44. The Morgan fingerprint density at radius 3 is 2.82 bits per heavy atom. The number of nitrogens with two attached hydrogens (primary N) is 1. The zero-order chi connectivity index (χ0) is 12.7. The van der Waals surface area contributed by atoms with Crippen LogP contribution < -0.4 is 15.4 Å². The summed E-state index contributed by atoms with van der Waals surface area (Å²) in [5.41, 5.74) is 5.54. The Kier molecular flexibility index (Phi) is 5.69. The Bertz CT molecular complexity index is 330. The fraction of sp³-hybridized carbons (Fsp3) is 0.667. The van der Waals surface area contributed by atoms with Gasteiger partial charge in [-0.25, -0.2) is 4.98 Å². The summed E-state index contributed by atoms with van der Waals surface area (Å²) in [6, 6.07) is 2.12. The minimum Gasteiger partial charge on any atom is -0.478 e. The third-order valence-electron chi connectivity index (χ3n) is 2.39. The molecule has 0 aliphatic rings. The smallest absolute Gasteiger partial charge is 0.228 e. The SMILES string of the molecule is CCOc1ccnc(N(CCCN)C(C)C)n1. The molecule has 5 nitrogen and oxygen atoms in total. The molecule has 0 spiro atoms. The number of nitrogens with zero attached hydrogens (tertiary/aromatic N) is 3. The Hall–Kier alpha value is -1.36. The van der Waals surface area contributed by atoms with E-state index in [9.17, 15) is 0 Å². The lowest BCUT2D eigenvalue weighted by Crippen LogP contribution is -2.34. The van der Waals surface area contributed by atoms with Crippen LogP contribution in [0.4, 0.5) is 5.95 Å². The first-order valence-electron chi connectivity index (χ1n) is 6.11. The zero-order valence-electron chi connectivity index (χ0n) is 10.9. The van der Waals surface area contributed by atoms with Gasteiger partial charge >= 0.3 is 0 Å². The maximum absolute atomic E-state index is 5.54. The van der Waals surface area contributed by atoms with E-state index in [1.165, 1.54) is 0 Å². The van der Waals surface area contributed by atoms with E-state index in [-0.39, 0.29) is 0 Å². The average Bonchev–Trinajstić information content (AvgIpc) is 2.30. The molecule has 0 saturated carbocycles. The van der Waals surface area contributed by atoms with Crippen LogP contribution in [0.1, 0.15) is 27.2 Å². The van der Waals surface area contributed by atoms with Crippen molar-refractivity contribution in [3.05, 3.63) is 12.3 Å². The van der Waals surface area contributed by atoms with Crippen LogP contribution in [-0.4, -0.2) is 35.7 Å². The second-order valence-electron chi connectivity index (χ2n) is 4.06. The van der Waals surface area contributed by atoms with Gasteiger partial charge in [-0.15, -0.1) is 0 Å². The summed E-state index contributed by atoms with van der Waals surface area (Å²) >= 11 is 0. The summed E-state index contributed by atoms with van der Waals surface area (Å²) in [7, 11) is 0. The summed E-state index contributed by atoms with van der Waals surface area (Å²) in [5, 5.41) is 0. The molecule has 0 aliphatic heterocycles. The van der Waals surface area contributed by atoms with E-state index in [1.54, 1.807) is 12.3 Å². The van der Waals surface area contributed by atoms with Crippen LogP contribution in [0.5, 0.6) is 5.88 Å². The van der Waals surface area contributed by atoms with Crippen molar-refractivity contribution in [2.45, 2.75) is 33.2 Å². The molecule has 96 valence electrons. The number of aromatic nitrogens is 2. The van der Waals surface area contributed by atoms with Crippen molar-refractivity contribution in [3.8, 4) is 5.88 Å². The minimum absolute atomic E-state index is 0.346. The number of hydrogen-bond donors (Lipinski definition) is 1. The van der Waals surface area contributed by atoms with Crippen LogP contribution in [0.3, 0.4) is 0 Å². The minimum atomic E-state index is 0.346. The van der Waals surface area contributed by atoms with Crippen molar-refractivity contribution in [1.29, 1.82) is 0 Å². The van der Waals surface area contributed by atoms with E-state index in [0.29, 0.717) is 31.0 Å². The number of hydrogen-bond acceptors (Lipinski definition) is 5. The highest BCUT2D eigenvalue weighted by Crippen LogP contribution is 2.15. The Morgan fingerprint density at radius 1 is 1.47 bits per heavy atom. The first-order chi connectivity index (χ1) is 8.19. The third kappa shape index (κ3) is 4.19. The molecule has 1 heterocycles.